The van der Waals surface area contributed by atoms with Gasteiger partial charge in [-0.1, -0.05) is 146 Å². The summed E-state index contributed by atoms with van der Waals surface area (Å²) in [5.41, 5.74) is 15.9. The maximum absolute atomic E-state index is 4.81. The molecule has 1 fully saturated rings. The summed E-state index contributed by atoms with van der Waals surface area (Å²) in [4.78, 5) is 0. The number of rotatable bonds is 8. The third-order valence-electron chi connectivity index (χ3n) is 10.1. The van der Waals surface area contributed by atoms with Crippen molar-refractivity contribution in [3.63, 3.8) is 0 Å². The highest BCUT2D eigenvalue weighted by atomic mass is 14.5. The minimum Gasteiger partial charge on any atom is -0.0995 e. The molecule has 0 spiro atoms. The maximum atomic E-state index is 4.81. The van der Waals surface area contributed by atoms with E-state index in [1.165, 1.54) is 55.7 Å². The first kappa shape index (κ1) is 30.3. The molecule has 0 heterocycles. The molecule has 0 N–H and O–H groups in total. The number of hydrogen-bond donors (Lipinski definition) is 0. The Balaban J connectivity index is 1.45. The number of aryl methyl sites for hydroxylation is 2. The Morgan fingerprint density at radius 1 is 0.952 bits per heavy atom. The molecular weight excluding hydrogens is 504 g/mol. The largest absolute Gasteiger partial charge is 0.0995 e. The summed E-state index contributed by atoms with van der Waals surface area (Å²) in [6, 6.07) is 16.5. The summed E-state index contributed by atoms with van der Waals surface area (Å²) < 4.78 is 0. The van der Waals surface area contributed by atoms with Crippen molar-refractivity contribution in [1.82, 2.24) is 0 Å². The number of benzene rings is 2. The maximum Gasteiger partial charge on any atom is 0.0123 e. The van der Waals surface area contributed by atoms with Gasteiger partial charge in [-0.05, 0) is 99.5 Å². The topological polar surface area (TPSA) is 0 Å². The molecule has 42 heavy (non-hydrogen) atoms. The van der Waals surface area contributed by atoms with Crippen LogP contribution in [0.15, 0.2) is 108 Å². The van der Waals surface area contributed by atoms with Crippen LogP contribution in [0.2, 0.25) is 0 Å². The van der Waals surface area contributed by atoms with Gasteiger partial charge >= 0.3 is 0 Å². The zero-order valence-corrected chi connectivity index (χ0v) is 27.3. The molecule has 0 bridgehead atoms. The van der Waals surface area contributed by atoms with Crippen LogP contribution in [0.4, 0.5) is 0 Å². The molecule has 220 valence electrons. The smallest absolute Gasteiger partial charge is 0.0123 e. The van der Waals surface area contributed by atoms with Crippen LogP contribution in [-0.2, 0) is 18.3 Å². The number of fused-ring (bicyclic) bond motifs is 1. The van der Waals surface area contributed by atoms with Crippen LogP contribution in [0.25, 0.3) is 5.57 Å². The summed E-state index contributed by atoms with van der Waals surface area (Å²) in [6.45, 7) is 25.7. The average molecular weight is 557 g/mol. The lowest BCUT2D eigenvalue weighted by atomic mass is 9.62. The van der Waals surface area contributed by atoms with Crippen molar-refractivity contribution >= 4 is 5.57 Å². The highest BCUT2D eigenvalue weighted by Crippen LogP contribution is 2.57. The molecule has 4 unspecified atom stereocenters. The van der Waals surface area contributed by atoms with Crippen LogP contribution in [0, 0.1) is 17.8 Å². The normalized spacial score (nSPS) is 24.9. The molecule has 5 rings (SSSR count). The fraction of sp³-hybridized carbons (Fsp3) is 0.429. The van der Waals surface area contributed by atoms with Gasteiger partial charge in [-0.25, -0.2) is 0 Å². The first-order valence-corrected chi connectivity index (χ1v) is 16.5. The van der Waals surface area contributed by atoms with E-state index in [2.05, 4.69) is 122 Å². The van der Waals surface area contributed by atoms with E-state index in [9.17, 15) is 0 Å². The van der Waals surface area contributed by atoms with Gasteiger partial charge in [0.15, 0.2) is 0 Å². The van der Waals surface area contributed by atoms with Crippen molar-refractivity contribution in [3.8, 4) is 0 Å². The standard InChI is InChI=1S/C42H52/c1-10-14-27(4)39-28(5)21-37-25-36(29(6)40(37)41(39)35-20-19-31(11-2)32(12-3)24-35)23-30-17-18-34(22-30)33-15-13-16-38(26-33)42(7,8)9/h13,15-21,23-24,26,28,39-41H,4,6,10-12,14,22,25H2,1-3,5,7-9H3/b36-23-. The SMILES string of the molecule is C=C1/C(=C\C2=CC=C(c3cccc(C(C)(C)C)c3)C2)CC2=CC(C)C(C(=C)CCC)C(c3ccc(CC)c(CC)c3)C12. The lowest BCUT2D eigenvalue weighted by Gasteiger charge is -2.42. The van der Waals surface area contributed by atoms with E-state index in [-0.39, 0.29) is 5.41 Å². The fourth-order valence-corrected chi connectivity index (χ4v) is 7.89. The summed E-state index contributed by atoms with van der Waals surface area (Å²) >= 11 is 0. The molecular formula is C42H52. The fourth-order valence-electron chi connectivity index (χ4n) is 7.89. The van der Waals surface area contributed by atoms with E-state index < -0.39 is 0 Å². The van der Waals surface area contributed by atoms with Gasteiger partial charge in [0.2, 0.25) is 0 Å². The van der Waals surface area contributed by atoms with E-state index in [1.54, 1.807) is 5.57 Å². The van der Waals surface area contributed by atoms with Crippen molar-refractivity contribution < 1.29 is 0 Å². The van der Waals surface area contributed by atoms with Crippen molar-refractivity contribution in [1.29, 1.82) is 0 Å². The molecule has 2 aromatic carbocycles. The third-order valence-corrected chi connectivity index (χ3v) is 10.1. The van der Waals surface area contributed by atoms with E-state index in [0.29, 0.717) is 23.7 Å². The van der Waals surface area contributed by atoms with Gasteiger partial charge in [0.05, 0.1) is 0 Å². The van der Waals surface area contributed by atoms with Crippen LogP contribution in [-0.4, -0.2) is 0 Å². The molecule has 3 aliphatic rings. The van der Waals surface area contributed by atoms with E-state index in [0.717, 1.165) is 38.5 Å². The van der Waals surface area contributed by atoms with Crippen LogP contribution in [0.1, 0.15) is 108 Å². The second-order valence-corrected chi connectivity index (χ2v) is 14.1. The molecule has 0 amide bonds. The van der Waals surface area contributed by atoms with E-state index in [4.69, 9.17) is 6.58 Å². The first-order chi connectivity index (χ1) is 20.0. The Morgan fingerprint density at radius 2 is 1.71 bits per heavy atom. The zero-order chi connectivity index (χ0) is 30.2. The van der Waals surface area contributed by atoms with E-state index >= 15 is 0 Å². The molecule has 0 radical (unpaired) electrons. The summed E-state index contributed by atoms with van der Waals surface area (Å²) in [7, 11) is 0. The van der Waals surface area contributed by atoms with Gasteiger partial charge < -0.3 is 0 Å². The van der Waals surface area contributed by atoms with Gasteiger partial charge in [0, 0.05) is 11.8 Å². The monoisotopic (exact) mass is 556 g/mol. The Morgan fingerprint density at radius 3 is 2.40 bits per heavy atom. The van der Waals surface area contributed by atoms with Crippen molar-refractivity contribution in [2.24, 2.45) is 17.8 Å². The third kappa shape index (κ3) is 5.88. The zero-order valence-electron chi connectivity index (χ0n) is 27.3. The average Bonchev–Trinajstić information content (AvgIpc) is 3.55. The Bertz CT molecular complexity index is 1490. The molecule has 0 nitrogen and oxygen atoms in total. The highest BCUT2D eigenvalue weighted by Gasteiger charge is 2.45. The summed E-state index contributed by atoms with van der Waals surface area (Å²) in [5.74, 6) is 1.69. The first-order valence-electron chi connectivity index (χ1n) is 16.5. The van der Waals surface area contributed by atoms with Gasteiger partial charge in [0.25, 0.3) is 0 Å². The van der Waals surface area contributed by atoms with Gasteiger partial charge in [-0.3, -0.25) is 0 Å². The minimum absolute atomic E-state index is 0.155. The predicted octanol–water partition coefficient (Wildman–Crippen LogP) is 11.7. The van der Waals surface area contributed by atoms with Gasteiger partial charge in [0.1, 0.15) is 0 Å². The van der Waals surface area contributed by atoms with Crippen LogP contribution >= 0.6 is 0 Å². The molecule has 3 aliphatic carbocycles. The highest BCUT2D eigenvalue weighted by molar-refractivity contribution is 5.74. The van der Waals surface area contributed by atoms with Crippen LogP contribution < -0.4 is 0 Å². The number of hydrogen-bond acceptors (Lipinski definition) is 0. The molecule has 0 aromatic heterocycles. The second-order valence-electron chi connectivity index (χ2n) is 14.1. The predicted molar refractivity (Wildman–Crippen MR) is 184 cm³/mol. The van der Waals surface area contributed by atoms with Gasteiger partial charge in [-0.15, -0.1) is 0 Å². The van der Waals surface area contributed by atoms with Crippen LogP contribution in [0.5, 0.6) is 0 Å². The van der Waals surface area contributed by atoms with E-state index in [1.807, 2.05) is 0 Å². The molecule has 0 aliphatic heterocycles. The van der Waals surface area contributed by atoms with Crippen molar-refractivity contribution in [3.05, 3.63) is 136 Å². The molecule has 0 saturated heterocycles. The molecule has 4 atom stereocenters. The number of allylic oxidation sites excluding steroid dienone is 10. The summed E-state index contributed by atoms with van der Waals surface area (Å²) in [6.07, 6.45) is 16.2. The Labute approximate surface area is 256 Å². The van der Waals surface area contributed by atoms with Gasteiger partial charge in [-0.2, -0.15) is 0 Å². The van der Waals surface area contributed by atoms with Crippen molar-refractivity contribution in [2.75, 3.05) is 0 Å². The molecule has 1 saturated carbocycles. The lowest BCUT2D eigenvalue weighted by Crippen LogP contribution is -2.31. The minimum atomic E-state index is 0.155. The Hall–Kier alpha value is -3.12. The second kappa shape index (κ2) is 12.2. The Kier molecular flexibility index (Phi) is 8.84. The van der Waals surface area contributed by atoms with Crippen LogP contribution in [0.3, 0.4) is 0 Å². The lowest BCUT2D eigenvalue weighted by molar-refractivity contribution is 0.322. The van der Waals surface area contributed by atoms with Crippen molar-refractivity contribution in [2.45, 2.75) is 98.3 Å². The molecule has 2 aromatic rings. The summed E-state index contributed by atoms with van der Waals surface area (Å²) in [5, 5.41) is 0. The molecule has 0 heteroatoms. The quantitative estimate of drug-likeness (QED) is 0.284.